The van der Waals surface area contributed by atoms with Crippen LogP contribution in [0.4, 0.5) is 0 Å². The summed E-state index contributed by atoms with van der Waals surface area (Å²) in [6.45, 7) is 5.31. The smallest absolute Gasteiger partial charge is 0.140 e. The molecule has 0 radical (unpaired) electrons. The average Bonchev–Trinajstić information content (AvgIpc) is 2.86. The third-order valence-corrected chi connectivity index (χ3v) is 3.77. The summed E-state index contributed by atoms with van der Waals surface area (Å²) < 4.78 is 2.11. The van der Waals surface area contributed by atoms with Crippen LogP contribution in [0, 0.1) is 5.92 Å². The van der Waals surface area contributed by atoms with Gasteiger partial charge in [-0.25, -0.2) is 4.98 Å². The first-order valence-corrected chi connectivity index (χ1v) is 6.43. The van der Waals surface area contributed by atoms with Gasteiger partial charge in [-0.15, -0.1) is 0 Å². The Labute approximate surface area is 97.5 Å². The van der Waals surface area contributed by atoms with E-state index in [0.29, 0.717) is 5.92 Å². The molecule has 1 saturated carbocycles. The SMILES string of the molecule is CCCn1ccnc1C1(O)CCC(CC)C1. The largest absolute Gasteiger partial charge is 0.382 e. The lowest BCUT2D eigenvalue weighted by atomic mass is 9.98. The van der Waals surface area contributed by atoms with Crippen LogP contribution in [0.1, 0.15) is 51.8 Å². The summed E-state index contributed by atoms with van der Waals surface area (Å²) in [4.78, 5) is 4.37. The number of aliphatic hydroxyl groups is 1. The Morgan fingerprint density at radius 1 is 1.56 bits per heavy atom. The van der Waals surface area contributed by atoms with Crippen molar-refractivity contribution in [3.63, 3.8) is 0 Å². The van der Waals surface area contributed by atoms with E-state index in [9.17, 15) is 5.11 Å². The molecule has 1 aromatic rings. The molecule has 3 nitrogen and oxygen atoms in total. The minimum absolute atomic E-state index is 0.664. The van der Waals surface area contributed by atoms with Crippen molar-refractivity contribution in [1.29, 1.82) is 0 Å². The summed E-state index contributed by atoms with van der Waals surface area (Å²) in [6.07, 6.45) is 8.91. The van der Waals surface area contributed by atoms with Crippen molar-refractivity contribution < 1.29 is 5.11 Å². The van der Waals surface area contributed by atoms with E-state index < -0.39 is 5.60 Å². The summed E-state index contributed by atoms with van der Waals surface area (Å²) in [5, 5.41) is 10.7. The van der Waals surface area contributed by atoms with Crippen LogP contribution in [0.3, 0.4) is 0 Å². The summed E-state index contributed by atoms with van der Waals surface area (Å²) in [5.74, 6) is 1.54. The number of aromatic nitrogens is 2. The first-order chi connectivity index (χ1) is 7.69. The van der Waals surface area contributed by atoms with Crippen LogP contribution in [0.25, 0.3) is 0 Å². The molecule has 1 fully saturated rings. The highest BCUT2D eigenvalue weighted by Gasteiger charge is 2.40. The second kappa shape index (κ2) is 4.58. The minimum atomic E-state index is -0.667. The van der Waals surface area contributed by atoms with Gasteiger partial charge in [0.25, 0.3) is 0 Å². The monoisotopic (exact) mass is 222 g/mol. The Bertz CT molecular complexity index is 347. The molecule has 1 heterocycles. The van der Waals surface area contributed by atoms with Gasteiger partial charge in [0.2, 0.25) is 0 Å². The molecule has 2 rings (SSSR count). The van der Waals surface area contributed by atoms with Crippen LogP contribution >= 0.6 is 0 Å². The number of aryl methyl sites for hydroxylation is 1. The lowest BCUT2D eigenvalue weighted by Crippen LogP contribution is -2.27. The average molecular weight is 222 g/mol. The summed E-state index contributed by atoms with van der Waals surface area (Å²) >= 11 is 0. The number of hydrogen-bond acceptors (Lipinski definition) is 2. The van der Waals surface area contributed by atoms with Crippen LogP contribution in [0.15, 0.2) is 12.4 Å². The predicted octanol–water partition coefficient (Wildman–Crippen LogP) is 2.69. The third kappa shape index (κ3) is 2.01. The first kappa shape index (κ1) is 11.6. The normalized spacial score (nSPS) is 29.8. The highest BCUT2D eigenvalue weighted by atomic mass is 16.3. The van der Waals surface area contributed by atoms with Gasteiger partial charge in [-0.2, -0.15) is 0 Å². The van der Waals surface area contributed by atoms with E-state index in [1.54, 1.807) is 0 Å². The van der Waals surface area contributed by atoms with E-state index in [0.717, 1.165) is 44.5 Å². The molecule has 1 N–H and O–H groups in total. The molecular weight excluding hydrogens is 200 g/mol. The van der Waals surface area contributed by atoms with Crippen LogP contribution < -0.4 is 0 Å². The zero-order valence-corrected chi connectivity index (χ0v) is 10.3. The maximum Gasteiger partial charge on any atom is 0.140 e. The van der Waals surface area contributed by atoms with Gasteiger partial charge in [-0.05, 0) is 31.6 Å². The lowest BCUT2D eigenvalue weighted by molar-refractivity contribution is 0.0269. The molecule has 0 aliphatic heterocycles. The second-order valence-electron chi connectivity index (χ2n) is 4.99. The Hall–Kier alpha value is -0.830. The van der Waals surface area contributed by atoms with Crippen LogP contribution in [0.5, 0.6) is 0 Å². The van der Waals surface area contributed by atoms with Gasteiger partial charge < -0.3 is 9.67 Å². The quantitative estimate of drug-likeness (QED) is 0.850. The molecule has 0 spiro atoms. The van der Waals surface area contributed by atoms with Gasteiger partial charge in [-0.3, -0.25) is 0 Å². The van der Waals surface area contributed by atoms with Gasteiger partial charge in [0.05, 0.1) is 0 Å². The second-order valence-corrected chi connectivity index (χ2v) is 4.99. The fourth-order valence-corrected chi connectivity index (χ4v) is 2.81. The zero-order chi connectivity index (χ0) is 11.6. The lowest BCUT2D eigenvalue weighted by Gasteiger charge is -2.23. The van der Waals surface area contributed by atoms with Gasteiger partial charge in [0.1, 0.15) is 11.4 Å². The standard InChI is InChI=1S/C13H22N2O/c1-3-8-15-9-7-14-12(15)13(16)6-5-11(4-2)10-13/h7,9,11,16H,3-6,8,10H2,1-2H3. The predicted molar refractivity (Wildman–Crippen MR) is 64.0 cm³/mol. The zero-order valence-electron chi connectivity index (χ0n) is 10.3. The molecule has 2 unspecified atom stereocenters. The Morgan fingerprint density at radius 3 is 3.00 bits per heavy atom. The van der Waals surface area contributed by atoms with Gasteiger partial charge in [-0.1, -0.05) is 20.3 Å². The number of hydrogen-bond donors (Lipinski definition) is 1. The minimum Gasteiger partial charge on any atom is -0.382 e. The van der Waals surface area contributed by atoms with Crippen molar-refractivity contribution >= 4 is 0 Å². The van der Waals surface area contributed by atoms with E-state index in [1.807, 2.05) is 12.4 Å². The van der Waals surface area contributed by atoms with Crippen molar-refractivity contribution in [3.8, 4) is 0 Å². The van der Waals surface area contributed by atoms with Crippen LogP contribution in [0.2, 0.25) is 0 Å². The fourth-order valence-electron chi connectivity index (χ4n) is 2.81. The van der Waals surface area contributed by atoms with Crippen molar-refractivity contribution in [3.05, 3.63) is 18.2 Å². The molecule has 1 aliphatic carbocycles. The van der Waals surface area contributed by atoms with E-state index in [2.05, 4.69) is 23.4 Å². The Morgan fingerprint density at radius 2 is 2.38 bits per heavy atom. The molecule has 0 aromatic carbocycles. The fraction of sp³-hybridized carbons (Fsp3) is 0.769. The molecule has 0 amide bonds. The molecule has 90 valence electrons. The Balaban J connectivity index is 2.19. The molecule has 2 atom stereocenters. The molecular formula is C13H22N2O. The van der Waals surface area contributed by atoms with Crippen molar-refractivity contribution in [2.75, 3.05) is 0 Å². The summed E-state index contributed by atoms with van der Waals surface area (Å²) in [5.41, 5.74) is -0.667. The Kier molecular flexibility index (Phi) is 3.33. The molecule has 3 heteroatoms. The molecule has 16 heavy (non-hydrogen) atoms. The number of rotatable bonds is 4. The van der Waals surface area contributed by atoms with E-state index in [1.165, 1.54) is 0 Å². The molecule has 0 saturated heterocycles. The summed E-state index contributed by atoms with van der Waals surface area (Å²) in [7, 11) is 0. The van der Waals surface area contributed by atoms with Crippen molar-refractivity contribution in [2.24, 2.45) is 5.92 Å². The van der Waals surface area contributed by atoms with Crippen molar-refractivity contribution in [1.82, 2.24) is 9.55 Å². The topological polar surface area (TPSA) is 38.0 Å². The van der Waals surface area contributed by atoms with E-state index >= 15 is 0 Å². The third-order valence-electron chi connectivity index (χ3n) is 3.77. The highest BCUT2D eigenvalue weighted by molar-refractivity contribution is 5.08. The van der Waals surface area contributed by atoms with Crippen molar-refractivity contribution in [2.45, 2.75) is 58.1 Å². The van der Waals surface area contributed by atoms with Gasteiger partial charge in [0.15, 0.2) is 0 Å². The molecule has 0 bridgehead atoms. The summed E-state index contributed by atoms with van der Waals surface area (Å²) in [6, 6.07) is 0. The number of nitrogens with zero attached hydrogens (tertiary/aromatic N) is 2. The van der Waals surface area contributed by atoms with Gasteiger partial charge in [0, 0.05) is 18.9 Å². The number of imidazole rings is 1. The highest BCUT2D eigenvalue weighted by Crippen LogP contribution is 2.42. The maximum absolute atomic E-state index is 10.7. The van der Waals surface area contributed by atoms with Gasteiger partial charge >= 0.3 is 0 Å². The van der Waals surface area contributed by atoms with E-state index in [4.69, 9.17) is 0 Å². The van der Waals surface area contributed by atoms with E-state index in [-0.39, 0.29) is 0 Å². The van der Waals surface area contributed by atoms with Crippen LogP contribution in [-0.4, -0.2) is 14.7 Å². The molecule has 1 aliphatic rings. The van der Waals surface area contributed by atoms with Crippen LogP contribution in [-0.2, 0) is 12.1 Å². The first-order valence-electron chi connectivity index (χ1n) is 6.43. The maximum atomic E-state index is 10.7. The molecule has 1 aromatic heterocycles.